The monoisotopic (exact) mass is 253 g/mol. The molecule has 0 saturated heterocycles. The van der Waals surface area contributed by atoms with E-state index in [1.165, 1.54) is 29.7 Å². The van der Waals surface area contributed by atoms with Crippen LogP contribution in [0.15, 0.2) is 6.07 Å². The van der Waals surface area contributed by atoms with Gasteiger partial charge in [0.1, 0.15) is 6.04 Å². The quantitative estimate of drug-likeness (QED) is 0.820. The molecule has 1 unspecified atom stereocenters. The summed E-state index contributed by atoms with van der Waals surface area (Å²) in [7, 11) is 1.45. The van der Waals surface area contributed by atoms with Crippen molar-refractivity contribution < 1.29 is 9.53 Å². The van der Waals surface area contributed by atoms with Crippen LogP contribution in [0.3, 0.4) is 0 Å². The Balaban J connectivity index is 2.12. The Morgan fingerprint density at radius 3 is 2.76 bits per heavy atom. The first-order valence-corrected chi connectivity index (χ1v) is 6.81. The van der Waals surface area contributed by atoms with E-state index in [9.17, 15) is 4.79 Å². The predicted octanol–water partition coefficient (Wildman–Crippen LogP) is 2.58. The molecule has 1 aliphatic carbocycles. The highest BCUT2D eigenvalue weighted by Gasteiger charge is 2.28. The SMILES string of the molecule is COC(=O)C(NCC1CC1)c1cc(C)sc1C. The first-order chi connectivity index (χ1) is 8.11. The highest BCUT2D eigenvalue weighted by molar-refractivity contribution is 7.12. The second-order valence-electron chi connectivity index (χ2n) is 4.68. The number of nitrogens with one attached hydrogen (secondary N) is 1. The normalized spacial score (nSPS) is 16.9. The Hall–Kier alpha value is -0.870. The minimum atomic E-state index is -0.300. The molecule has 0 radical (unpaired) electrons. The third-order valence-corrected chi connectivity index (χ3v) is 4.12. The first-order valence-electron chi connectivity index (χ1n) is 6.00. The van der Waals surface area contributed by atoms with Crippen molar-refractivity contribution in [1.82, 2.24) is 5.32 Å². The van der Waals surface area contributed by atoms with Crippen LogP contribution in [0.5, 0.6) is 0 Å². The zero-order chi connectivity index (χ0) is 12.4. The van der Waals surface area contributed by atoms with Crippen molar-refractivity contribution in [3.8, 4) is 0 Å². The van der Waals surface area contributed by atoms with Gasteiger partial charge in [-0.25, -0.2) is 4.79 Å². The van der Waals surface area contributed by atoms with Gasteiger partial charge in [-0.1, -0.05) is 0 Å². The number of rotatable bonds is 5. The van der Waals surface area contributed by atoms with Gasteiger partial charge in [0.2, 0.25) is 0 Å². The molecule has 1 aromatic rings. The summed E-state index contributed by atoms with van der Waals surface area (Å²) in [5.74, 6) is 0.564. The van der Waals surface area contributed by atoms with E-state index in [0.29, 0.717) is 0 Å². The lowest BCUT2D eigenvalue weighted by molar-refractivity contribution is -0.143. The van der Waals surface area contributed by atoms with E-state index in [2.05, 4.69) is 25.2 Å². The average Bonchev–Trinajstić information content (AvgIpc) is 3.05. The van der Waals surface area contributed by atoms with E-state index >= 15 is 0 Å². The molecule has 3 nitrogen and oxygen atoms in total. The summed E-state index contributed by atoms with van der Waals surface area (Å²) < 4.78 is 4.89. The van der Waals surface area contributed by atoms with Crippen LogP contribution in [0.2, 0.25) is 0 Å². The van der Waals surface area contributed by atoms with Gasteiger partial charge in [0, 0.05) is 9.75 Å². The van der Waals surface area contributed by atoms with Gasteiger partial charge in [-0.05, 0) is 50.8 Å². The van der Waals surface area contributed by atoms with Gasteiger partial charge < -0.3 is 10.1 Å². The van der Waals surface area contributed by atoms with E-state index in [0.717, 1.165) is 18.0 Å². The second-order valence-corrected chi connectivity index (χ2v) is 6.14. The van der Waals surface area contributed by atoms with Crippen LogP contribution in [-0.2, 0) is 9.53 Å². The Kier molecular flexibility index (Phi) is 3.84. The van der Waals surface area contributed by atoms with E-state index in [-0.39, 0.29) is 12.0 Å². The first kappa shape index (κ1) is 12.6. The molecule has 1 heterocycles. The lowest BCUT2D eigenvalue weighted by Gasteiger charge is -2.16. The largest absolute Gasteiger partial charge is 0.468 e. The van der Waals surface area contributed by atoms with E-state index in [1.807, 2.05) is 0 Å². The van der Waals surface area contributed by atoms with Crippen molar-refractivity contribution in [2.45, 2.75) is 32.7 Å². The average molecular weight is 253 g/mol. The molecule has 0 spiro atoms. The number of hydrogen-bond donors (Lipinski definition) is 1. The molecule has 0 amide bonds. The van der Waals surface area contributed by atoms with Gasteiger partial charge >= 0.3 is 5.97 Å². The maximum Gasteiger partial charge on any atom is 0.327 e. The number of esters is 1. The fourth-order valence-corrected chi connectivity index (χ4v) is 2.95. The lowest BCUT2D eigenvalue weighted by atomic mass is 10.1. The van der Waals surface area contributed by atoms with Crippen molar-refractivity contribution in [2.75, 3.05) is 13.7 Å². The summed E-state index contributed by atoms with van der Waals surface area (Å²) >= 11 is 1.73. The van der Waals surface area contributed by atoms with E-state index in [4.69, 9.17) is 4.74 Å². The predicted molar refractivity (Wildman–Crippen MR) is 69.3 cm³/mol. The number of aryl methyl sites for hydroxylation is 2. The van der Waals surface area contributed by atoms with Gasteiger partial charge in [0.05, 0.1) is 7.11 Å². The molecule has 4 heteroatoms. The Labute approximate surface area is 106 Å². The molecule has 1 N–H and O–H groups in total. The van der Waals surface area contributed by atoms with Crippen molar-refractivity contribution in [3.05, 3.63) is 21.4 Å². The molecule has 2 rings (SSSR count). The highest BCUT2D eigenvalue weighted by atomic mass is 32.1. The molecule has 94 valence electrons. The van der Waals surface area contributed by atoms with Gasteiger partial charge in [0.25, 0.3) is 0 Å². The number of ether oxygens (including phenoxy) is 1. The van der Waals surface area contributed by atoms with Gasteiger partial charge in [-0.3, -0.25) is 0 Å². The molecule has 1 aromatic heterocycles. The van der Waals surface area contributed by atoms with Crippen LogP contribution in [0, 0.1) is 19.8 Å². The summed E-state index contributed by atoms with van der Waals surface area (Å²) in [4.78, 5) is 14.3. The molecular weight excluding hydrogens is 234 g/mol. The molecule has 0 aliphatic heterocycles. The zero-order valence-electron chi connectivity index (χ0n) is 10.6. The van der Waals surface area contributed by atoms with Crippen molar-refractivity contribution >= 4 is 17.3 Å². The van der Waals surface area contributed by atoms with Gasteiger partial charge in [-0.15, -0.1) is 11.3 Å². The van der Waals surface area contributed by atoms with Crippen molar-refractivity contribution in [2.24, 2.45) is 5.92 Å². The second kappa shape index (κ2) is 5.19. The molecule has 1 atom stereocenters. The van der Waals surface area contributed by atoms with Crippen LogP contribution >= 0.6 is 11.3 Å². The number of carbonyl (C=O) groups excluding carboxylic acids is 1. The van der Waals surface area contributed by atoms with Gasteiger partial charge in [0.15, 0.2) is 0 Å². The topological polar surface area (TPSA) is 38.3 Å². The summed E-state index contributed by atoms with van der Waals surface area (Å²) in [6.45, 7) is 5.03. The molecule has 1 fully saturated rings. The number of methoxy groups -OCH3 is 1. The number of carbonyl (C=O) groups is 1. The molecule has 1 aliphatic rings. The van der Waals surface area contributed by atoms with Crippen LogP contribution in [-0.4, -0.2) is 19.6 Å². The highest BCUT2D eigenvalue weighted by Crippen LogP contribution is 2.31. The number of thiophene rings is 1. The molecule has 17 heavy (non-hydrogen) atoms. The summed E-state index contributed by atoms with van der Waals surface area (Å²) in [6.07, 6.45) is 2.56. The third-order valence-electron chi connectivity index (χ3n) is 3.13. The fourth-order valence-electron chi connectivity index (χ4n) is 1.98. The maximum atomic E-state index is 11.8. The third kappa shape index (κ3) is 3.07. The number of hydrogen-bond acceptors (Lipinski definition) is 4. The maximum absolute atomic E-state index is 11.8. The lowest BCUT2D eigenvalue weighted by Crippen LogP contribution is -2.31. The summed E-state index contributed by atoms with van der Waals surface area (Å²) in [5.41, 5.74) is 1.07. The van der Waals surface area contributed by atoms with E-state index in [1.54, 1.807) is 11.3 Å². The summed E-state index contributed by atoms with van der Waals surface area (Å²) in [5, 5.41) is 3.33. The molecule has 0 aromatic carbocycles. The minimum Gasteiger partial charge on any atom is -0.468 e. The Morgan fingerprint density at radius 1 is 1.59 bits per heavy atom. The fraction of sp³-hybridized carbons (Fsp3) is 0.615. The van der Waals surface area contributed by atoms with Crippen LogP contribution in [0.1, 0.15) is 34.2 Å². The van der Waals surface area contributed by atoms with Crippen molar-refractivity contribution in [3.63, 3.8) is 0 Å². The van der Waals surface area contributed by atoms with Crippen molar-refractivity contribution in [1.29, 1.82) is 0 Å². The smallest absolute Gasteiger partial charge is 0.327 e. The Bertz CT molecular complexity index is 410. The summed E-state index contributed by atoms with van der Waals surface area (Å²) in [6, 6.07) is 1.78. The molecule has 1 saturated carbocycles. The minimum absolute atomic E-state index is 0.188. The standard InChI is InChI=1S/C13H19NO2S/c1-8-6-11(9(2)17-8)12(13(15)16-3)14-7-10-4-5-10/h6,10,12,14H,4-5,7H2,1-3H3. The Morgan fingerprint density at radius 2 is 2.29 bits per heavy atom. The van der Waals surface area contributed by atoms with Crippen LogP contribution in [0.25, 0.3) is 0 Å². The van der Waals surface area contributed by atoms with Gasteiger partial charge in [-0.2, -0.15) is 0 Å². The molecular formula is C13H19NO2S. The van der Waals surface area contributed by atoms with Crippen LogP contribution in [0.4, 0.5) is 0 Å². The van der Waals surface area contributed by atoms with E-state index < -0.39 is 0 Å². The van der Waals surface area contributed by atoms with Crippen LogP contribution < -0.4 is 5.32 Å². The molecule has 0 bridgehead atoms. The zero-order valence-corrected chi connectivity index (χ0v) is 11.4.